The Morgan fingerprint density at radius 1 is 1.00 bits per heavy atom. The number of β-lactam (4-membered cyclic amide) rings is 1. The maximum atomic E-state index is 13.9. The van der Waals surface area contributed by atoms with Crippen molar-refractivity contribution in [1.29, 1.82) is 0 Å². The molecule has 3 aromatic carbocycles. The molecule has 5 nitrogen and oxygen atoms in total. The van der Waals surface area contributed by atoms with Crippen LogP contribution in [0.1, 0.15) is 17.7 Å². The SMILES string of the molecule is Cc1[nH]c2ccccc2c1C1(C(=O)Nc2cccc(Cl)c2)CC(=O)N1c1cccc(Cl)c1. The number of carbonyl (C=O) groups excluding carboxylic acids is 2. The van der Waals surface area contributed by atoms with E-state index in [0.717, 1.165) is 22.2 Å². The standard InChI is InChI=1S/C25H19Cl2N3O2/c1-15-23(20-10-2-3-11-21(20)28-15)25(24(32)29-18-8-4-6-16(26)12-18)14-22(31)30(25)19-9-5-7-17(27)13-19/h2-13,28H,14H2,1H3,(H,29,32). The second kappa shape index (κ2) is 7.69. The van der Waals surface area contributed by atoms with Crippen molar-refractivity contribution in [2.24, 2.45) is 0 Å². The molecule has 0 bridgehead atoms. The summed E-state index contributed by atoms with van der Waals surface area (Å²) in [5.74, 6) is -0.467. The molecule has 0 saturated carbocycles. The number of para-hydroxylation sites is 1. The summed E-state index contributed by atoms with van der Waals surface area (Å²) >= 11 is 12.4. The number of aromatic nitrogens is 1. The average molecular weight is 464 g/mol. The first-order valence-corrected chi connectivity index (χ1v) is 10.9. The lowest BCUT2D eigenvalue weighted by Gasteiger charge is -2.50. The fraction of sp³-hybridized carbons (Fsp3) is 0.120. The predicted octanol–water partition coefficient (Wildman–Crippen LogP) is 6.05. The van der Waals surface area contributed by atoms with Crippen molar-refractivity contribution in [3.8, 4) is 0 Å². The molecule has 1 aliphatic heterocycles. The number of H-pyrrole nitrogens is 1. The minimum absolute atomic E-state index is 0.0363. The molecule has 2 amide bonds. The minimum Gasteiger partial charge on any atom is -0.358 e. The Morgan fingerprint density at radius 2 is 1.72 bits per heavy atom. The Bertz CT molecular complexity index is 1380. The highest BCUT2D eigenvalue weighted by molar-refractivity contribution is 6.31. The van der Waals surface area contributed by atoms with Gasteiger partial charge in [-0.25, -0.2) is 0 Å². The molecule has 7 heteroatoms. The summed E-state index contributed by atoms with van der Waals surface area (Å²) in [6.07, 6.45) is 0.0363. The highest BCUT2D eigenvalue weighted by Gasteiger charge is 2.60. The molecule has 1 saturated heterocycles. The number of aryl methyl sites for hydroxylation is 1. The number of amides is 2. The number of hydrogen-bond donors (Lipinski definition) is 2. The Hall–Kier alpha value is -3.28. The van der Waals surface area contributed by atoms with Gasteiger partial charge in [0, 0.05) is 43.6 Å². The van der Waals surface area contributed by atoms with Crippen LogP contribution in [0.5, 0.6) is 0 Å². The molecular formula is C25H19Cl2N3O2. The number of nitrogens with zero attached hydrogens (tertiary/aromatic N) is 1. The van der Waals surface area contributed by atoms with Gasteiger partial charge in [-0.15, -0.1) is 0 Å². The van der Waals surface area contributed by atoms with E-state index in [1.807, 2.05) is 31.2 Å². The summed E-state index contributed by atoms with van der Waals surface area (Å²) in [6.45, 7) is 1.92. The lowest BCUT2D eigenvalue weighted by molar-refractivity contribution is -0.137. The van der Waals surface area contributed by atoms with E-state index >= 15 is 0 Å². The molecular weight excluding hydrogens is 445 g/mol. The first-order chi connectivity index (χ1) is 15.4. The van der Waals surface area contributed by atoms with Crippen molar-refractivity contribution in [3.05, 3.63) is 94.1 Å². The Labute approximate surface area is 194 Å². The molecule has 160 valence electrons. The van der Waals surface area contributed by atoms with Crippen LogP contribution in [0.3, 0.4) is 0 Å². The van der Waals surface area contributed by atoms with Crippen LogP contribution >= 0.6 is 23.2 Å². The third kappa shape index (κ3) is 3.17. The molecule has 0 aliphatic carbocycles. The van der Waals surface area contributed by atoms with Crippen LogP contribution in [0, 0.1) is 6.92 Å². The summed E-state index contributed by atoms with van der Waals surface area (Å²) in [5, 5.41) is 4.87. The Kier molecular flexibility index (Phi) is 4.96. The summed E-state index contributed by atoms with van der Waals surface area (Å²) in [4.78, 5) is 31.8. The summed E-state index contributed by atoms with van der Waals surface area (Å²) < 4.78 is 0. The van der Waals surface area contributed by atoms with Crippen LogP contribution in [-0.4, -0.2) is 16.8 Å². The Balaban J connectivity index is 1.71. The van der Waals surface area contributed by atoms with Crippen LogP contribution < -0.4 is 10.2 Å². The molecule has 2 N–H and O–H groups in total. The number of rotatable bonds is 4. The summed E-state index contributed by atoms with van der Waals surface area (Å²) in [5.41, 5.74) is 2.39. The highest BCUT2D eigenvalue weighted by Crippen LogP contribution is 2.49. The van der Waals surface area contributed by atoms with E-state index < -0.39 is 5.54 Å². The van der Waals surface area contributed by atoms with Crippen LogP contribution in [0.4, 0.5) is 11.4 Å². The number of anilines is 2. The summed E-state index contributed by atoms with van der Waals surface area (Å²) in [6, 6.07) is 21.7. The van der Waals surface area contributed by atoms with E-state index in [0.29, 0.717) is 21.4 Å². The normalized spacial score (nSPS) is 18.0. The van der Waals surface area contributed by atoms with Gasteiger partial charge in [0.25, 0.3) is 5.91 Å². The maximum absolute atomic E-state index is 13.9. The van der Waals surface area contributed by atoms with Crippen molar-refractivity contribution in [2.45, 2.75) is 18.9 Å². The third-order valence-corrected chi connectivity index (χ3v) is 6.34. The minimum atomic E-state index is -1.24. The van der Waals surface area contributed by atoms with Crippen LogP contribution in [0.2, 0.25) is 10.0 Å². The zero-order chi connectivity index (χ0) is 22.5. The van der Waals surface area contributed by atoms with Gasteiger partial charge in [-0.3, -0.25) is 14.5 Å². The first kappa shape index (κ1) is 20.6. The van der Waals surface area contributed by atoms with Crippen molar-refractivity contribution in [1.82, 2.24) is 4.98 Å². The number of benzene rings is 3. The first-order valence-electron chi connectivity index (χ1n) is 10.1. The molecule has 1 fully saturated rings. The molecule has 1 aliphatic rings. The van der Waals surface area contributed by atoms with E-state index in [1.54, 1.807) is 53.4 Å². The van der Waals surface area contributed by atoms with Gasteiger partial charge in [0.05, 0.1) is 6.42 Å². The largest absolute Gasteiger partial charge is 0.358 e. The zero-order valence-electron chi connectivity index (χ0n) is 17.2. The average Bonchev–Trinajstić information content (AvgIpc) is 3.07. The number of fused-ring (bicyclic) bond motifs is 1. The summed E-state index contributed by atoms with van der Waals surface area (Å²) in [7, 11) is 0. The quantitative estimate of drug-likeness (QED) is 0.361. The van der Waals surface area contributed by atoms with Gasteiger partial charge in [-0.1, -0.05) is 53.5 Å². The molecule has 32 heavy (non-hydrogen) atoms. The fourth-order valence-corrected chi connectivity index (χ4v) is 4.96. The van der Waals surface area contributed by atoms with E-state index in [-0.39, 0.29) is 18.2 Å². The van der Waals surface area contributed by atoms with Gasteiger partial charge < -0.3 is 10.3 Å². The number of carbonyl (C=O) groups is 2. The maximum Gasteiger partial charge on any atom is 0.256 e. The molecule has 1 atom stereocenters. The van der Waals surface area contributed by atoms with Gasteiger partial charge >= 0.3 is 0 Å². The zero-order valence-corrected chi connectivity index (χ0v) is 18.7. The van der Waals surface area contributed by atoms with Crippen molar-refractivity contribution < 1.29 is 9.59 Å². The van der Waals surface area contributed by atoms with Crippen LogP contribution in [0.25, 0.3) is 10.9 Å². The molecule has 0 spiro atoms. The van der Waals surface area contributed by atoms with Gasteiger partial charge in [0.15, 0.2) is 5.54 Å². The monoisotopic (exact) mass is 463 g/mol. The predicted molar refractivity (Wildman–Crippen MR) is 128 cm³/mol. The highest BCUT2D eigenvalue weighted by atomic mass is 35.5. The lowest BCUT2D eigenvalue weighted by atomic mass is 9.74. The van der Waals surface area contributed by atoms with Gasteiger partial charge in [-0.2, -0.15) is 0 Å². The van der Waals surface area contributed by atoms with Crippen molar-refractivity contribution in [3.63, 3.8) is 0 Å². The topological polar surface area (TPSA) is 65.2 Å². The number of halogens is 2. The molecule has 0 radical (unpaired) electrons. The van der Waals surface area contributed by atoms with Gasteiger partial charge in [0.1, 0.15) is 0 Å². The molecule has 2 heterocycles. The third-order valence-electron chi connectivity index (χ3n) is 5.87. The number of aromatic amines is 1. The van der Waals surface area contributed by atoms with E-state index in [2.05, 4.69) is 10.3 Å². The lowest BCUT2D eigenvalue weighted by Crippen LogP contribution is -2.67. The molecule has 1 unspecified atom stereocenters. The fourth-order valence-electron chi connectivity index (χ4n) is 4.58. The molecule has 4 aromatic rings. The smallest absolute Gasteiger partial charge is 0.256 e. The molecule has 5 rings (SSSR count). The van der Waals surface area contributed by atoms with Crippen LogP contribution in [0.15, 0.2) is 72.8 Å². The second-order valence-electron chi connectivity index (χ2n) is 7.88. The van der Waals surface area contributed by atoms with Crippen LogP contribution in [-0.2, 0) is 15.1 Å². The van der Waals surface area contributed by atoms with Gasteiger partial charge in [0.2, 0.25) is 5.91 Å². The van der Waals surface area contributed by atoms with E-state index in [1.165, 1.54) is 0 Å². The number of hydrogen-bond acceptors (Lipinski definition) is 2. The van der Waals surface area contributed by atoms with Crippen molar-refractivity contribution in [2.75, 3.05) is 10.2 Å². The van der Waals surface area contributed by atoms with Crippen molar-refractivity contribution >= 4 is 57.3 Å². The van der Waals surface area contributed by atoms with E-state index in [9.17, 15) is 9.59 Å². The number of nitrogens with one attached hydrogen (secondary N) is 2. The molecule has 1 aromatic heterocycles. The second-order valence-corrected chi connectivity index (χ2v) is 8.75. The Morgan fingerprint density at radius 3 is 2.44 bits per heavy atom. The van der Waals surface area contributed by atoms with E-state index in [4.69, 9.17) is 23.2 Å². The van der Waals surface area contributed by atoms with Gasteiger partial charge in [-0.05, 0) is 49.4 Å².